The predicted molar refractivity (Wildman–Crippen MR) is 65.6 cm³/mol. The Morgan fingerprint density at radius 1 is 1.19 bits per heavy atom. The number of nitrogens with one attached hydrogen (secondary N) is 1. The third kappa shape index (κ3) is 3.88. The van der Waals surface area contributed by atoms with Gasteiger partial charge in [-0.25, -0.2) is 9.78 Å². The molecule has 0 amide bonds. The quantitative estimate of drug-likeness (QED) is 0.899. The van der Waals surface area contributed by atoms with E-state index < -0.39 is 17.8 Å². The summed E-state index contributed by atoms with van der Waals surface area (Å²) in [5, 5.41) is 17.9. The molecular weight excluding hydrogens is 289 g/mol. The second kappa shape index (κ2) is 5.73. The summed E-state index contributed by atoms with van der Waals surface area (Å²) in [6.07, 6.45) is -3.17. The molecule has 0 aromatic carbocycles. The number of nitrogens with zero attached hydrogens (tertiary/aromatic N) is 3. The molecule has 2 N–H and O–H groups in total. The van der Waals surface area contributed by atoms with Gasteiger partial charge in [0.2, 0.25) is 0 Å². The van der Waals surface area contributed by atoms with Crippen molar-refractivity contribution in [3.63, 3.8) is 0 Å². The molecule has 6 nitrogen and oxygen atoms in total. The SMILES string of the molecule is O=C(O)c1ccc(CNc2ccc(C(F)(F)F)nn2)cn1. The minimum atomic E-state index is -4.53. The first-order valence-electron chi connectivity index (χ1n) is 5.69. The van der Waals surface area contributed by atoms with Gasteiger partial charge in [0.1, 0.15) is 11.5 Å². The van der Waals surface area contributed by atoms with Crippen molar-refractivity contribution < 1.29 is 23.1 Å². The van der Waals surface area contributed by atoms with E-state index in [4.69, 9.17) is 5.11 Å². The molecule has 0 saturated heterocycles. The lowest BCUT2D eigenvalue weighted by molar-refractivity contribution is -0.141. The molecule has 2 heterocycles. The highest BCUT2D eigenvalue weighted by Crippen LogP contribution is 2.27. The molecule has 2 aromatic rings. The zero-order valence-electron chi connectivity index (χ0n) is 10.4. The van der Waals surface area contributed by atoms with Gasteiger partial charge < -0.3 is 10.4 Å². The number of hydrogen-bond acceptors (Lipinski definition) is 5. The molecule has 21 heavy (non-hydrogen) atoms. The van der Waals surface area contributed by atoms with Crippen LogP contribution < -0.4 is 5.32 Å². The van der Waals surface area contributed by atoms with Crippen molar-refractivity contribution in [2.75, 3.05) is 5.32 Å². The van der Waals surface area contributed by atoms with Crippen molar-refractivity contribution in [2.24, 2.45) is 0 Å². The van der Waals surface area contributed by atoms with Gasteiger partial charge in [0.15, 0.2) is 5.69 Å². The topological polar surface area (TPSA) is 88.0 Å². The smallest absolute Gasteiger partial charge is 0.435 e. The lowest BCUT2D eigenvalue weighted by Crippen LogP contribution is -2.10. The largest absolute Gasteiger partial charge is 0.477 e. The van der Waals surface area contributed by atoms with E-state index in [-0.39, 0.29) is 18.1 Å². The summed E-state index contributed by atoms with van der Waals surface area (Å²) < 4.78 is 36.9. The molecule has 0 spiro atoms. The first-order chi connectivity index (χ1) is 9.86. The first kappa shape index (κ1) is 14.7. The number of halogens is 3. The number of carboxylic acid groups (broad SMARTS) is 1. The predicted octanol–water partition coefficient (Wildman–Crippen LogP) is 2.20. The number of pyridine rings is 1. The number of anilines is 1. The Morgan fingerprint density at radius 3 is 2.43 bits per heavy atom. The molecule has 0 bridgehead atoms. The van der Waals surface area contributed by atoms with Gasteiger partial charge in [-0.15, -0.1) is 10.2 Å². The maximum atomic E-state index is 12.3. The zero-order valence-corrected chi connectivity index (χ0v) is 10.4. The molecule has 2 aromatic heterocycles. The minimum absolute atomic E-state index is 0.0897. The van der Waals surface area contributed by atoms with Crippen LogP contribution in [0.15, 0.2) is 30.5 Å². The number of carbonyl (C=O) groups is 1. The van der Waals surface area contributed by atoms with E-state index in [0.29, 0.717) is 5.56 Å². The van der Waals surface area contributed by atoms with Gasteiger partial charge >= 0.3 is 12.1 Å². The van der Waals surface area contributed by atoms with Crippen molar-refractivity contribution in [1.29, 1.82) is 0 Å². The van der Waals surface area contributed by atoms with Crippen molar-refractivity contribution >= 4 is 11.8 Å². The number of alkyl halides is 3. The Morgan fingerprint density at radius 2 is 1.95 bits per heavy atom. The van der Waals surface area contributed by atoms with Crippen LogP contribution >= 0.6 is 0 Å². The molecule has 0 aliphatic heterocycles. The lowest BCUT2D eigenvalue weighted by Gasteiger charge is -2.07. The monoisotopic (exact) mass is 298 g/mol. The zero-order chi connectivity index (χ0) is 15.5. The summed E-state index contributed by atoms with van der Waals surface area (Å²) in [4.78, 5) is 14.3. The molecule has 0 unspecified atom stereocenters. The second-order valence-corrected chi connectivity index (χ2v) is 4.01. The molecule has 110 valence electrons. The molecule has 2 rings (SSSR count). The van der Waals surface area contributed by atoms with Gasteiger partial charge in [0, 0.05) is 12.7 Å². The van der Waals surface area contributed by atoms with E-state index in [0.717, 1.165) is 12.1 Å². The summed E-state index contributed by atoms with van der Waals surface area (Å²) in [6.45, 7) is 0.229. The highest BCUT2D eigenvalue weighted by atomic mass is 19.4. The Kier molecular flexibility index (Phi) is 4.01. The summed E-state index contributed by atoms with van der Waals surface area (Å²) in [5.41, 5.74) is -0.504. The van der Waals surface area contributed by atoms with Gasteiger partial charge in [-0.3, -0.25) is 0 Å². The number of rotatable bonds is 4. The van der Waals surface area contributed by atoms with Crippen molar-refractivity contribution in [1.82, 2.24) is 15.2 Å². The van der Waals surface area contributed by atoms with Gasteiger partial charge in [-0.2, -0.15) is 13.2 Å². The average Bonchev–Trinajstić information content (AvgIpc) is 2.45. The molecular formula is C12H9F3N4O2. The van der Waals surface area contributed by atoms with E-state index in [2.05, 4.69) is 20.5 Å². The van der Waals surface area contributed by atoms with Gasteiger partial charge in [-0.1, -0.05) is 6.07 Å². The number of aromatic nitrogens is 3. The molecule has 0 aliphatic rings. The number of aromatic carboxylic acids is 1. The summed E-state index contributed by atoms with van der Waals surface area (Å²) in [6, 6.07) is 4.86. The molecule has 0 atom stereocenters. The maximum Gasteiger partial charge on any atom is 0.435 e. The molecule has 0 radical (unpaired) electrons. The van der Waals surface area contributed by atoms with E-state index in [1.165, 1.54) is 12.3 Å². The van der Waals surface area contributed by atoms with Gasteiger partial charge in [0.05, 0.1) is 0 Å². The Bertz CT molecular complexity index is 626. The third-order valence-electron chi connectivity index (χ3n) is 2.47. The van der Waals surface area contributed by atoms with Crippen molar-refractivity contribution in [2.45, 2.75) is 12.7 Å². The average molecular weight is 298 g/mol. The van der Waals surface area contributed by atoms with Crippen LogP contribution in [0, 0.1) is 0 Å². The van der Waals surface area contributed by atoms with Crippen LogP contribution in [0.1, 0.15) is 21.7 Å². The fourth-order valence-electron chi connectivity index (χ4n) is 1.43. The highest BCUT2D eigenvalue weighted by Gasteiger charge is 2.32. The Hall–Kier alpha value is -2.71. The Labute approximate surface area is 116 Å². The summed E-state index contributed by atoms with van der Waals surface area (Å²) in [7, 11) is 0. The summed E-state index contributed by atoms with van der Waals surface area (Å²) in [5.74, 6) is -0.964. The van der Waals surface area contributed by atoms with Crippen LogP contribution in [0.3, 0.4) is 0 Å². The van der Waals surface area contributed by atoms with Gasteiger partial charge in [-0.05, 0) is 23.8 Å². The summed E-state index contributed by atoms with van der Waals surface area (Å²) >= 11 is 0. The van der Waals surface area contributed by atoms with E-state index >= 15 is 0 Å². The van der Waals surface area contributed by atoms with Gasteiger partial charge in [0.25, 0.3) is 0 Å². The number of carboxylic acids is 1. The van der Waals surface area contributed by atoms with Crippen LogP contribution in [0.5, 0.6) is 0 Å². The number of hydrogen-bond donors (Lipinski definition) is 2. The lowest BCUT2D eigenvalue weighted by atomic mass is 10.2. The molecule has 0 aliphatic carbocycles. The molecule has 0 saturated carbocycles. The van der Waals surface area contributed by atoms with Crippen LogP contribution in [0.25, 0.3) is 0 Å². The fourth-order valence-corrected chi connectivity index (χ4v) is 1.43. The fraction of sp³-hybridized carbons (Fsp3) is 0.167. The molecule has 0 fully saturated rings. The molecule has 9 heteroatoms. The van der Waals surface area contributed by atoms with Crippen LogP contribution in [0.2, 0.25) is 0 Å². The minimum Gasteiger partial charge on any atom is -0.477 e. The maximum absolute atomic E-state index is 12.3. The van der Waals surface area contributed by atoms with Crippen LogP contribution in [0.4, 0.5) is 19.0 Å². The Balaban J connectivity index is 1.98. The normalized spacial score (nSPS) is 11.2. The van der Waals surface area contributed by atoms with E-state index in [9.17, 15) is 18.0 Å². The van der Waals surface area contributed by atoms with E-state index in [1.807, 2.05) is 0 Å². The second-order valence-electron chi connectivity index (χ2n) is 4.01. The highest BCUT2D eigenvalue weighted by molar-refractivity contribution is 5.85. The standard InChI is InChI=1S/C12H9F3N4O2/c13-12(14,15)9-3-4-10(19-18-9)17-6-7-1-2-8(11(20)21)16-5-7/h1-5H,6H2,(H,17,19)(H,20,21). The van der Waals surface area contributed by atoms with Crippen molar-refractivity contribution in [3.05, 3.63) is 47.4 Å². The van der Waals surface area contributed by atoms with Crippen molar-refractivity contribution in [3.8, 4) is 0 Å². The van der Waals surface area contributed by atoms with Crippen LogP contribution in [-0.2, 0) is 12.7 Å². The van der Waals surface area contributed by atoms with E-state index in [1.54, 1.807) is 6.07 Å². The third-order valence-corrected chi connectivity index (χ3v) is 2.47. The first-order valence-corrected chi connectivity index (χ1v) is 5.69. The van der Waals surface area contributed by atoms with Crippen LogP contribution in [-0.4, -0.2) is 26.3 Å².